The quantitative estimate of drug-likeness (QED) is 0.651. The van der Waals surface area contributed by atoms with Gasteiger partial charge in [-0.1, -0.05) is 13.8 Å². The molecule has 1 heterocycles. The van der Waals surface area contributed by atoms with Crippen molar-refractivity contribution >= 4 is 17.6 Å². The van der Waals surface area contributed by atoms with Gasteiger partial charge in [-0.3, -0.25) is 4.79 Å². The third-order valence-corrected chi connectivity index (χ3v) is 4.82. The number of ether oxygens (including phenoxy) is 2. The molecule has 1 aliphatic heterocycles. The molecule has 0 unspecified atom stereocenters. The number of carbonyl (C=O) groups is 2. The number of anilines is 1. The molecule has 160 valence electrons. The summed E-state index contributed by atoms with van der Waals surface area (Å²) in [5.74, 6) is 0.0726. The Balaban J connectivity index is 1.43. The molecule has 6 nitrogen and oxygen atoms in total. The summed E-state index contributed by atoms with van der Waals surface area (Å²) in [7, 11) is 0. The lowest BCUT2D eigenvalue weighted by atomic mass is 10.2. The van der Waals surface area contributed by atoms with E-state index >= 15 is 0 Å². The molecule has 0 spiro atoms. The van der Waals surface area contributed by atoms with E-state index in [-0.39, 0.29) is 18.3 Å². The van der Waals surface area contributed by atoms with Crippen molar-refractivity contribution in [2.24, 2.45) is 5.92 Å². The van der Waals surface area contributed by atoms with E-state index in [4.69, 9.17) is 9.47 Å². The number of nitrogens with zero attached hydrogens (tertiary/aromatic N) is 2. The van der Waals surface area contributed by atoms with Crippen LogP contribution >= 0.6 is 0 Å². The summed E-state index contributed by atoms with van der Waals surface area (Å²) in [6, 6.07) is 13.0. The van der Waals surface area contributed by atoms with Crippen LogP contribution in [0.25, 0.3) is 0 Å². The molecule has 2 aromatic carbocycles. The highest BCUT2D eigenvalue weighted by Crippen LogP contribution is 2.17. The third-order valence-electron chi connectivity index (χ3n) is 4.82. The van der Waals surface area contributed by atoms with Crippen molar-refractivity contribution in [3.8, 4) is 5.75 Å². The first-order chi connectivity index (χ1) is 14.4. The third kappa shape index (κ3) is 5.95. The Morgan fingerprint density at radius 3 is 2.20 bits per heavy atom. The highest BCUT2D eigenvalue weighted by atomic mass is 19.1. The maximum atomic E-state index is 13.1. The van der Waals surface area contributed by atoms with E-state index in [0.717, 1.165) is 5.69 Å². The highest BCUT2D eigenvalue weighted by molar-refractivity contribution is 5.91. The molecular weight excluding hydrogens is 387 g/mol. The van der Waals surface area contributed by atoms with Crippen molar-refractivity contribution in [2.45, 2.75) is 13.8 Å². The predicted octanol–water partition coefficient (Wildman–Crippen LogP) is 3.37. The van der Waals surface area contributed by atoms with E-state index < -0.39 is 5.97 Å². The van der Waals surface area contributed by atoms with Crippen LogP contribution in [0.5, 0.6) is 5.75 Å². The number of rotatable bonds is 7. The van der Waals surface area contributed by atoms with Crippen LogP contribution in [0, 0.1) is 11.7 Å². The summed E-state index contributed by atoms with van der Waals surface area (Å²) in [6.07, 6.45) is 0. The number of carbonyl (C=O) groups excluding carboxylic acids is 2. The van der Waals surface area contributed by atoms with Gasteiger partial charge in [-0.25, -0.2) is 9.18 Å². The van der Waals surface area contributed by atoms with Gasteiger partial charge < -0.3 is 19.3 Å². The molecule has 7 heteroatoms. The Labute approximate surface area is 176 Å². The zero-order chi connectivity index (χ0) is 21.5. The fourth-order valence-electron chi connectivity index (χ4n) is 3.12. The van der Waals surface area contributed by atoms with Crippen molar-refractivity contribution < 1.29 is 23.5 Å². The van der Waals surface area contributed by atoms with E-state index in [9.17, 15) is 14.0 Å². The Bertz CT molecular complexity index is 845. The summed E-state index contributed by atoms with van der Waals surface area (Å²) in [5, 5.41) is 0. The van der Waals surface area contributed by atoms with Crippen molar-refractivity contribution in [1.29, 1.82) is 0 Å². The van der Waals surface area contributed by atoms with Gasteiger partial charge in [0.15, 0.2) is 6.61 Å². The van der Waals surface area contributed by atoms with E-state index in [1.165, 1.54) is 12.1 Å². The predicted molar refractivity (Wildman–Crippen MR) is 112 cm³/mol. The number of hydrogen-bond donors (Lipinski definition) is 0. The molecule has 3 rings (SSSR count). The van der Waals surface area contributed by atoms with Crippen LogP contribution in [0.4, 0.5) is 10.1 Å². The summed E-state index contributed by atoms with van der Waals surface area (Å²) in [4.78, 5) is 28.4. The zero-order valence-electron chi connectivity index (χ0n) is 17.3. The highest BCUT2D eigenvalue weighted by Gasteiger charge is 2.22. The Morgan fingerprint density at radius 2 is 1.60 bits per heavy atom. The van der Waals surface area contributed by atoms with Gasteiger partial charge in [-0.05, 0) is 54.4 Å². The molecule has 30 heavy (non-hydrogen) atoms. The number of piperazine rings is 1. The van der Waals surface area contributed by atoms with Gasteiger partial charge in [-0.15, -0.1) is 0 Å². The standard InChI is InChI=1S/C23H27FN2O4/c1-17(2)15-29-21-9-3-18(4-10-21)23(28)30-16-22(27)26-13-11-25(12-14-26)20-7-5-19(24)6-8-20/h3-10,17H,11-16H2,1-2H3. The second kappa shape index (κ2) is 10.1. The lowest BCUT2D eigenvalue weighted by molar-refractivity contribution is -0.134. The van der Waals surface area contributed by atoms with Gasteiger partial charge >= 0.3 is 5.97 Å². The molecule has 0 aromatic heterocycles. The van der Waals surface area contributed by atoms with Gasteiger partial charge in [0.1, 0.15) is 11.6 Å². The van der Waals surface area contributed by atoms with Crippen LogP contribution in [-0.4, -0.2) is 56.2 Å². The average molecular weight is 414 g/mol. The minimum Gasteiger partial charge on any atom is -0.493 e. The van der Waals surface area contributed by atoms with Gasteiger partial charge in [0.25, 0.3) is 5.91 Å². The summed E-state index contributed by atoms with van der Waals surface area (Å²) in [5.41, 5.74) is 1.30. The SMILES string of the molecule is CC(C)COc1ccc(C(=O)OCC(=O)N2CCN(c3ccc(F)cc3)CC2)cc1. The Kier molecular flexibility index (Phi) is 7.27. The maximum Gasteiger partial charge on any atom is 0.338 e. The minimum atomic E-state index is -0.538. The molecule has 1 saturated heterocycles. The lowest BCUT2D eigenvalue weighted by Gasteiger charge is -2.36. The molecule has 0 radical (unpaired) electrons. The second-order valence-electron chi connectivity index (χ2n) is 7.65. The molecule has 2 aromatic rings. The molecule has 0 bridgehead atoms. The lowest BCUT2D eigenvalue weighted by Crippen LogP contribution is -2.49. The van der Waals surface area contributed by atoms with Crippen LogP contribution in [-0.2, 0) is 9.53 Å². The smallest absolute Gasteiger partial charge is 0.338 e. The first-order valence-electron chi connectivity index (χ1n) is 10.1. The van der Waals surface area contributed by atoms with Crippen molar-refractivity contribution in [2.75, 3.05) is 44.3 Å². The fourth-order valence-corrected chi connectivity index (χ4v) is 3.12. The second-order valence-corrected chi connectivity index (χ2v) is 7.65. The number of hydrogen-bond acceptors (Lipinski definition) is 5. The van der Waals surface area contributed by atoms with Crippen LogP contribution < -0.4 is 9.64 Å². The topological polar surface area (TPSA) is 59.1 Å². The van der Waals surface area contributed by atoms with Crippen molar-refractivity contribution in [3.05, 3.63) is 59.9 Å². The fraction of sp³-hybridized carbons (Fsp3) is 0.391. The Morgan fingerprint density at radius 1 is 0.967 bits per heavy atom. The van der Waals surface area contributed by atoms with Gasteiger partial charge in [0, 0.05) is 31.9 Å². The van der Waals surface area contributed by atoms with E-state index in [0.29, 0.717) is 50.0 Å². The van der Waals surface area contributed by atoms with Gasteiger partial charge in [0.05, 0.1) is 12.2 Å². The van der Waals surface area contributed by atoms with Crippen LogP contribution in [0.3, 0.4) is 0 Å². The molecular formula is C23H27FN2O4. The molecule has 1 amide bonds. The van der Waals surface area contributed by atoms with Crippen molar-refractivity contribution in [1.82, 2.24) is 4.90 Å². The van der Waals surface area contributed by atoms with Crippen LogP contribution in [0.1, 0.15) is 24.2 Å². The van der Waals surface area contributed by atoms with Crippen molar-refractivity contribution in [3.63, 3.8) is 0 Å². The molecule has 1 aliphatic rings. The summed E-state index contributed by atoms with van der Waals surface area (Å²) >= 11 is 0. The van der Waals surface area contributed by atoms with Gasteiger partial charge in [0.2, 0.25) is 0 Å². The average Bonchev–Trinajstić information content (AvgIpc) is 2.77. The van der Waals surface area contributed by atoms with Gasteiger partial charge in [-0.2, -0.15) is 0 Å². The number of halogens is 1. The summed E-state index contributed by atoms with van der Waals surface area (Å²) in [6.45, 7) is 6.77. The molecule has 0 aliphatic carbocycles. The largest absolute Gasteiger partial charge is 0.493 e. The van der Waals surface area contributed by atoms with E-state index in [1.807, 2.05) is 0 Å². The normalized spacial score (nSPS) is 14.0. The molecule has 0 saturated carbocycles. The first kappa shape index (κ1) is 21.6. The zero-order valence-corrected chi connectivity index (χ0v) is 17.3. The molecule has 0 N–H and O–H groups in total. The monoisotopic (exact) mass is 414 g/mol. The molecule has 1 fully saturated rings. The summed E-state index contributed by atoms with van der Waals surface area (Å²) < 4.78 is 23.8. The van der Waals surface area contributed by atoms with Crippen LogP contribution in [0.2, 0.25) is 0 Å². The van der Waals surface area contributed by atoms with E-state index in [2.05, 4.69) is 18.7 Å². The molecule has 0 atom stereocenters. The maximum absolute atomic E-state index is 13.1. The number of benzene rings is 2. The minimum absolute atomic E-state index is 0.223. The first-order valence-corrected chi connectivity index (χ1v) is 10.1. The number of amides is 1. The van der Waals surface area contributed by atoms with E-state index in [1.54, 1.807) is 41.3 Å². The number of esters is 1. The Hall–Kier alpha value is -3.09. The van der Waals surface area contributed by atoms with Crippen LogP contribution in [0.15, 0.2) is 48.5 Å².